The summed E-state index contributed by atoms with van der Waals surface area (Å²) in [4.78, 5) is 24.0. The maximum absolute atomic E-state index is 12.9. The average Bonchev–Trinajstić information content (AvgIpc) is 3.08. The second-order valence-corrected chi connectivity index (χ2v) is 8.30. The summed E-state index contributed by atoms with van der Waals surface area (Å²) in [5, 5.41) is 1.04. The zero-order chi connectivity index (χ0) is 22.4. The van der Waals surface area contributed by atoms with E-state index in [0.29, 0.717) is 17.0 Å². The van der Waals surface area contributed by atoms with E-state index in [2.05, 4.69) is 14.9 Å². The number of aryl methyl sites for hydroxylation is 1. The molecule has 5 rings (SSSR count). The van der Waals surface area contributed by atoms with Crippen LogP contribution in [0.4, 0.5) is 5.82 Å². The number of nitrogens with zero attached hydrogens (tertiary/aromatic N) is 5. The summed E-state index contributed by atoms with van der Waals surface area (Å²) in [5.41, 5.74) is 2.66. The summed E-state index contributed by atoms with van der Waals surface area (Å²) in [7, 11) is 5.02. The van der Waals surface area contributed by atoms with E-state index in [0.717, 1.165) is 48.2 Å². The molecule has 2 aromatic heterocycles. The fraction of sp³-hybridized carbons (Fsp3) is 0.348. The second kappa shape index (κ2) is 8.02. The maximum atomic E-state index is 12.9. The van der Waals surface area contributed by atoms with Gasteiger partial charge in [-0.1, -0.05) is 12.1 Å². The number of para-hydroxylation sites is 2. The minimum absolute atomic E-state index is 0.0250. The maximum Gasteiger partial charge on any atom is 0.329 e. The van der Waals surface area contributed by atoms with Crippen molar-refractivity contribution in [1.82, 2.24) is 19.1 Å². The highest BCUT2D eigenvalue weighted by atomic mass is 35.5. The number of imidazole rings is 1. The fourth-order valence-corrected chi connectivity index (χ4v) is 4.83. The Kier molecular flexibility index (Phi) is 5.17. The first-order chi connectivity index (χ1) is 15.5. The van der Waals surface area contributed by atoms with Crippen LogP contribution >= 0.6 is 11.6 Å². The SMILES string of the molecule is COc1cc2nc(Cl)nc(N3CCC(n4c(=O)n(C)c5ccccc54)CC3)c2cc1OC. The average molecular weight is 454 g/mol. The summed E-state index contributed by atoms with van der Waals surface area (Å²) in [6.45, 7) is 1.49. The fourth-order valence-electron chi connectivity index (χ4n) is 4.66. The van der Waals surface area contributed by atoms with Gasteiger partial charge in [0, 0.05) is 37.6 Å². The third-order valence-electron chi connectivity index (χ3n) is 6.28. The smallest absolute Gasteiger partial charge is 0.329 e. The molecule has 0 spiro atoms. The molecular formula is C23H24ClN5O3. The van der Waals surface area contributed by atoms with Gasteiger partial charge in [0.1, 0.15) is 5.82 Å². The molecule has 32 heavy (non-hydrogen) atoms. The number of hydrogen-bond donors (Lipinski definition) is 0. The first-order valence-corrected chi connectivity index (χ1v) is 10.9. The molecule has 1 fully saturated rings. The van der Waals surface area contributed by atoms with Crippen molar-refractivity contribution in [1.29, 1.82) is 0 Å². The van der Waals surface area contributed by atoms with Crippen molar-refractivity contribution in [3.8, 4) is 11.5 Å². The van der Waals surface area contributed by atoms with E-state index >= 15 is 0 Å². The van der Waals surface area contributed by atoms with Gasteiger partial charge in [0.15, 0.2) is 11.5 Å². The Bertz CT molecular complexity index is 1370. The molecule has 2 aromatic carbocycles. The lowest BCUT2D eigenvalue weighted by molar-refractivity contribution is 0.355. The Morgan fingerprint density at radius 2 is 1.66 bits per heavy atom. The van der Waals surface area contributed by atoms with Crippen LogP contribution in [0, 0.1) is 0 Å². The predicted molar refractivity (Wildman–Crippen MR) is 125 cm³/mol. The minimum atomic E-state index is 0.0250. The summed E-state index contributed by atoms with van der Waals surface area (Å²) < 4.78 is 14.5. The Labute approximate surface area is 190 Å². The van der Waals surface area contributed by atoms with E-state index in [9.17, 15) is 4.79 Å². The van der Waals surface area contributed by atoms with Crippen LogP contribution in [0.5, 0.6) is 11.5 Å². The summed E-state index contributed by atoms with van der Waals surface area (Å²) in [6, 6.07) is 11.8. The molecule has 1 aliphatic heterocycles. The van der Waals surface area contributed by atoms with Crippen molar-refractivity contribution in [2.75, 3.05) is 32.2 Å². The second-order valence-electron chi connectivity index (χ2n) is 7.96. The molecule has 0 aliphatic carbocycles. The number of methoxy groups -OCH3 is 2. The van der Waals surface area contributed by atoms with E-state index in [1.54, 1.807) is 18.8 Å². The topological polar surface area (TPSA) is 74.4 Å². The van der Waals surface area contributed by atoms with E-state index in [1.807, 2.05) is 48.0 Å². The molecule has 1 saturated heterocycles. The molecule has 166 valence electrons. The van der Waals surface area contributed by atoms with Gasteiger partial charge in [0.2, 0.25) is 5.28 Å². The van der Waals surface area contributed by atoms with Crippen LogP contribution in [-0.4, -0.2) is 46.4 Å². The van der Waals surface area contributed by atoms with Crippen LogP contribution < -0.4 is 20.1 Å². The first kappa shape index (κ1) is 20.6. The van der Waals surface area contributed by atoms with Gasteiger partial charge in [-0.25, -0.2) is 9.78 Å². The van der Waals surface area contributed by atoms with E-state index in [1.165, 1.54) is 0 Å². The predicted octanol–water partition coefficient (Wildman–Crippen LogP) is 3.80. The number of hydrogen-bond acceptors (Lipinski definition) is 6. The highest BCUT2D eigenvalue weighted by Gasteiger charge is 2.27. The van der Waals surface area contributed by atoms with Crippen LogP contribution in [0.3, 0.4) is 0 Å². The van der Waals surface area contributed by atoms with Crippen molar-refractivity contribution in [2.45, 2.75) is 18.9 Å². The van der Waals surface area contributed by atoms with Crippen LogP contribution in [0.15, 0.2) is 41.2 Å². The van der Waals surface area contributed by atoms with Crippen molar-refractivity contribution < 1.29 is 9.47 Å². The molecule has 1 aliphatic rings. The van der Waals surface area contributed by atoms with Crippen LogP contribution in [0.1, 0.15) is 18.9 Å². The number of rotatable bonds is 4. The Morgan fingerprint density at radius 1 is 1.00 bits per heavy atom. The van der Waals surface area contributed by atoms with E-state index in [-0.39, 0.29) is 17.0 Å². The molecular weight excluding hydrogens is 430 g/mol. The van der Waals surface area contributed by atoms with Gasteiger partial charge in [0.05, 0.1) is 30.8 Å². The molecule has 0 atom stereocenters. The van der Waals surface area contributed by atoms with Crippen LogP contribution in [-0.2, 0) is 7.05 Å². The quantitative estimate of drug-likeness (QED) is 0.437. The monoisotopic (exact) mass is 453 g/mol. The number of piperidine rings is 1. The minimum Gasteiger partial charge on any atom is -0.493 e. The molecule has 0 radical (unpaired) electrons. The van der Waals surface area contributed by atoms with Crippen LogP contribution in [0.25, 0.3) is 21.9 Å². The molecule has 0 saturated carbocycles. The highest BCUT2D eigenvalue weighted by molar-refractivity contribution is 6.28. The van der Waals surface area contributed by atoms with E-state index < -0.39 is 0 Å². The zero-order valence-electron chi connectivity index (χ0n) is 18.2. The number of benzene rings is 2. The third kappa shape index (κ3) is 3.26. The van der Waals surface area contributed by atoms with Crippen molar-refractivity contribution in [3.63, 3.8) is 0 Å². The first-order valence-electron chi connectivity index (χ1n) is 10.5. The van der Waals surface area contributed by atoms with Gasteiger partial charge in [-0.2, -0.15) is 4.98 Å². The molecule has 4 aromatic rings. The highest BCUT2D eigenvalue weighted by Crippen LogP contribution is 2.37. The van der Waals surface area contributed by atoms with Crippen molar-refractivity contribution in [2.24, 2.45) is 7.05 Å². The van der Waals surface area contributed by atoms with Gasteiger partial charge in [0.25, 0.3) is 0 Å². The number of fused-ring (bicyclic) bond motifs is 2. The standard InChI is InChI=1S/C23H24ClN5O3/c1-27-17-6-4-5-7-18(17)29(23(27)30)14-8-10-28(11-9-14)21-15-12-19(31-2)20(32-3)13-16(15)25-22(24)26-21/h4-7,12-14H,8-11H2,1-3H3. The van der Waals surface area contributed by atoms with Crippen molar-refractivity contribution in [3.05, 3.63) is 52.2 Å². The molecule has 0 bridgehead atoms. The molecule has 9 heteroatoms. The summed E-state index contributed by atoms with van der Waals surface area (Å²) >= 11 is 6.26. The lowest BCUT2D eigenvalue weighted by Gasteiger charge is -2.34. The number of halogens is 1. The lowest BCUT2D eigenvalue weighted by atomic mass is 10.0. The Morgan fingerprint density at radius 3 is 2.34 bits per heavy atom. The molecule has 0 unspecified atom stereocenters. The summed E-state index contributed by atoms with van der Waals surface area (Å²) in [5.74, 6) is 1.98. The molecule has 0 amide bonds. The number of ether oxygens (including phenoxy) is 2. The zero-order valence-corrected chi connectivity index (χ0v) is 19.0. The Hall–Kier alpha value is -3.26. The summed E-state index contributed by atoms with van der Waals surface area (Å²) in [6.07, 6.45) is 1.65. The van der Waals surface area contributed by atoms with Gasteiger partial charge >= 0.3 is 5.69 Å². The van der Waals surface area contributed by atoms with Gasteiger partial charge in [-0.3, -0.25) is 9.13 Å². The van der Waals surface area contributed by atoms with Gasteiger partial charge < -0.3 is 14.4 Å². The normalized spacial score (nSPS) is 14.9. The van der Waals surface area contributed by atoms with Crippen LogP contribution in [0.2, 0.25) is 5.28 Å². The third-order valence-corrected chi connectivity index (χ3v) is 6.45. The lowest BCUT2D eigenvalue weighted by Crippen LogP contribution is -2.38. The van der Waals surface area contributed by atoms with Crippen molar-refractivity contribution >= 4 is 39.4 Å². The largest absolute Gasteiger partial charge is 0.493 e. The Balaban J connectivity index is 1.49. The van der Waals surface area contributed by atoms with Gasteiger partial charge in [-0.05, 0) is 42.6 Å². The number of anilines is 1. The van der Waals surface area contributed by atoms with E-state index in [4.69, 9.17) is 21.1 Å². The molecule has 3 heterocycles. The molecule has 8 nitrogen and oxygen atoms in total. The van der Waals surface area contributed by atoms with Gasteiger partial charge in [-0.15, -0.1) is 0 Å². The molecule has 0 N–H and O–H groups in total. The number of aromatic nitrogens is 4.